The maximum Gasteiger partial charge on any atom is 0.280 e. The van der Waals surface area contributed by atoms with Gasteiger partial charge in [-0.1, -0.05) is 12.1 Å². The average Bonchev–Trinajstić information content (AvgIpc) is 2.79. The lowest BCUT2D eigenvalue weighted by molar-refractivity contribution is -0.228. The molecule has 5 heteroatoms. The average molecular weight is 244 g/mol. The molecule has 1 aromatic carbocycles. The number of nitrogens with zero attached hydrogens (tertiary/aromatic N) is 2. The Morgan fingerprint density at radius 1 is 1.22 bits per heavy atom. The highest BCUT2D eigenvalue weighted by atomic mass is 16.7. The molecule has 18 heavy (non-hydrogen) atoms. The summed E-state index contributed by atoms with van der Waals surface area (Å²) < 4.78 is 12.0. The molecule has 1 aromatic heterocycles. The van der Waals surface area contributed by atoms with Gasteiger partial charge in [-0.25, -0.2) is 9.55 Å². The SMILES string of the molecule is COC1(OC)C=Cc2nc3ccccc3c(=O)n21. The molecule has 0 amide bonds. The van der Waals surface area contributed by atoms with Crippen LogP contribution in [0.2, 0.25) is 0 Å². The van der Waals surface area contributed by atoms with Crippen molar-refractivity contribution < 1.29 is 9.47 Å². The van der Waals surface area contributed by atoms with Gasteiger partial charge in [-0.3, -0.25) is 4.79 Å². The van der Waals surface area contributed by atoms with Crippen LogP contribution in [0.25, 0.3) is 17.0 Å². The second-order valence-electron chi connectivity index (χ2n) is 4.00. The third-order valence-corrected chi connectivity index (χ3v) is 3.14. The van der Waals surface area contributed by atoms with Gasteiger partial charge in [0.05, 0.1) is 10.9 Å². The zero-order valence-corrected chi connectivity index (χ0v) is 10.1. The maximum absolute atomic E-state index is 12.5. The van der Waals surface area contributed by atoms with Crippen molar-refractivity contribution in [1.82, 2.24) is 9.55 Å². The minimum atomic E-state index is -1.19. The van der Waals surface area contributed by atoms with Crippen molar-refractivity contribution in [2.24, 2.45) is 0 Å². The van der Waals surface area contributed by atoms with E-state index in [-0.39, 0.29) is 5.56 Å². The van der Waals surface area contributed by atoms with Crippen molar-refractivity contribution in [2.45, 2.75) is 5.91 Å². The van der Waals surface area contributed by atoms with Crippen LogP contribution in [0.5, 0.6) is 0 Å². The predicted octanol–water partition coefficient (Wildman–Crippen LogP) is 1.33. The molecule has 2 heterocycles. The number of hydrogen-bond acceptors (Lipinski definition) is 4. The van der Waals surface area contributed by atoms with Crippen LogP contribution in [0.3, 0.4) is 0 Å². The fourth-order valence-electron chi connectivity index (χ4n) is 2.22. The Morgan fingerprint density at radius 2 is 1.94 bits per heavy atom. The van der Waals surface area contributed by atoms with Crippen LogP contribution in [-0.2, 0) is 15.4 Å². The smallest absolute Gasteiger partial charge is 0.280 e. The van der Waals surface area contributed by atoms with E-state index in [0.717, 1.165) is 0 Å². The molecule has 3 rings (SSSR count). The molecule has 0 radical (unpaired) electrons. The van der Waals surface area contributed by atoms with Gasteiger partial charge in [0.25, 0.3) is 11.5 Å². The summed E-state index contributed by atoms with van der Waals surface area (Å²) in [6.07, 6.45) is 3.40. The van der Waals surface area contributed by atoms with E-state index in [1.807, 2.05) is 18.2 Å². The van der Waals surface area contributed by atoms with E-state index in [0.29, 0.717) is 16.7 Å². The summed E-state index contributed by atoms with van der Waals surface area (Å²) in [5.74, 6) is -0.661. The number of aromatic nitrogens is 2. The van der Waals surface area contributed by atoms with Crippen LogP contribution < -0.4 is 5.56 Å². The Kier molecular flexibility index (Phi) is 2.33. The van der Waals surface area contributed by atoms with Crippen LogP contribution in [-0.4, -0.2) is 23.8 Å². The number of methoxy groups -OCH3 is 2. The van der Waals surface area contributed by atoms with Gasteiger partial charge in [0, 0.05) is 20.3 Å². The molecule has 0 fully saturated rings. The Labute approximate surface area is 103 Å². The third-order valence-electron chi connectivity index (χ3n) is 3.14. The summed E-state index contributed by atoms with van der Waals surface area (Å²) in [6.45, 7) is 0. The Morgan fingerprint density at radius 3 is 2.67 bits per heavy atom. The number of benzene rings is 1. The van der Waals surface area contributed by atoms with Crippen LogP contribution in [0.1, 0.15) is 5.82 Å². The molecule has 92 valence electrons. The fraction of sp³-hybridized carbons (Fsp3) is 0.231. The molecule has 0 spiro atoms. The molecule has 1 aliphatic rings. The second kappa shape index (κ2) is 3.76. The van der Waals surface area contributed by atoms with Gasteiger partial charge in [-0.15, -0.1) is 0 Å². The Hall–Kier alpha value is -1.98. The van der Waals surface area contributed by atoms with E-state index in [1.165, 1.54) is 18.8 Å². The van der Waals surface area contributed by atoms with Crippen LogP contribution in [0.4, 0.5) is 0 Å². The van der Waals surface area contributed by atoms with E-state index in [9.17, 15) is 4.79 Å². The monoisotopic (exact) mass is 244 g/mol. The van der Waals surface area contributed by atoms with E-state index >= 15 is 0 Å². The van der Waals surface area contributed by atoms with Gasteiger partial charge in [0.2, 0.25) is 0 Å². The maximum atomic E-state index is 12.5. The molecule has 0 bridgehead atoms. The second-order valence-corrected chi connectivity index (χ2v) is 4.00. The quantitative estimate of drug-likeness (QED) is 0.748. The minimum absolute atomic E-state index is 0.177. The summed E-state index contributed by atoms with van der Waals surface area (Å²) >= 11 is 0. The largest absolute Gasteiger partial charge is 0.332 e. The molecule has 5 nitrogen and oxygen atoms in total. The zero-order valence-electron chi connectivity index (χ0n) is 10.1. The topological polar surface area (TPSA) is 53.4 Å². The third kappa shape index (κ3) is 1.28. The van der Waals surface area contributed by atoms with Crippen LogP contribution >= 0.6 is 0 Å². The molecule has 0 N–H and O–H groups in total. The van der Waals surface area contributed by atoms with E-state index in [4.69, 9.17) is 9.47 Å². The first kappa shape index (κ1) is 11.1. The van der Waals surface area contributed by atoms with Crippen molar-refractivity contribution in [3.63, 3.8) is 0 Å². The first-order valence-electron chi connectivity index (χ1n) is 5.53. The van der Waals surface area contributed by atoms with Crippen molar-refractivity contribution in [3.05, 3.63) is 46.5 Å². The molecule has 0 aliphatic carbocycles. The molecular formula is C13H12N2O3. The van der Waals surface area contributed by atoms with Crippen molar-refractivity contribution in [2.75, 3.05) is 14.2 Å². The zero-order chi connectivity index (χ0) is 12.8. The van der Waals surface area contributed by atoms with Gasteiger partial charge < -0.3 is 9.47 Å². The van der Waals surface area contributed by atoms with Crippen molar-refractivity contribution in [1.29, 1.82) is 0 Å². The van der Waals surface area contributed by atoms with E-state index < -0.39 is 5.91 Å². The number of para-hydroxylation sites is 1. The highest BCUT2D eigenvalue weighted by Crippen LogP contribution is 2.28. The van der Waals surface area contributed by atoms with Crippen molar-refractivity contribution in [3.8, 4) is 0 Å². The lowest BCUT2D eigenvalue weighted by Crippen LogP contribution is -2.42. The first-order valence-corrected chi connectivity index (χ1v) is 5.53. The van der Waals surface area contributed by atoms with Gasteiger partial charge in [-0.2, -0.15) is 0 Å². The summed E-state index contributed by atoms with van der Waals surface area (Å²) in [7, 11) is 2.98. The van der Waals surface area contributed by atoms with E-state index in [2.05, 4.69) is 4.98 Å². The minimum Gasteiger partial charge on any atom is -0.332 e. The molecule has 0 atom stereocenters. The van der Waals surface area contributed by atoms with Crippen molar-refractivity contribution >= 4 is 17.0 Å². The molecule has 0 saturated heterocycles. The summed E-state index contributed by atoms with van der Waals surface area (Å²) in [5, 5.41) is 0.545. The molecule has 1 aliphatic heterocycles. The normalized spacial score (nSPS) is 16.1. The number of ether oxygens (including phenoxy) is 2. The number of hydrogen-bond donors (Lipinski definition) is 0. The van der Waals surface area contributed by atoms with Gasteiger partial charge >= 0.3 is 0 Å². The lowest BCUT2D eigenvalue weighted by Gasteiger charge is -2.26. The Bertz CT molecular complexity index is 699. The predicted molar refractivity (Wildman–Crippen MR) is 67.0 cm³/mol. The Balaban J connectivity index is 2.41. The van der Waals surface area contributed by atoms with E-state index in [1.54, 1.807) is 18.2 Å². The fourth-order valence-corrected chi connectivity index (χ4v) is 2.22. The van der Waals surface area contributed by atoms with Crippen LogP contribution in [0.15, 0.2) is 35.1 Å². The van der Waals surface area contributed by atoms with Gasteiger partial charge in [0.1, 0.15) is 5.82 Å². The molecular weight excluding hydrogens is 232 g/mol. The molecule has 0 saturated carbocycles. The number of rotatable bonds is 2. The van der Waals surface area contributed by atoms with Gasteiger partial charge in [0.15, 0.2) is 0 Å². The summed E-state index contributed by atoms with van der Waals surface area (Å²) in [5.41, 5.74) is 0.491. The lowest BCUT2D eigenvalue weighted by atomic mass is 10.2. The number of fused-ring (bicyclic) bond motifs is 2. The van der Waals surface area contributed by atoms with Crippen LogP contribution in [0, 0.1) is 0 Å². The molecule has 2 aromatic rings. The summed E-state index contributed by atoms with van der Waals surface area (Å²) in [4.78, 5) is 16.9. The standard InChI is InChI=1S/C13H12N2O3/c1-17-13(18-2)8-7-11-14-10-6-4-3-5-9(10)12(16)15(11)13/h3-8H,1-2H3. The highest BCUT2D eigenvalue weighted by molar-refractivity contribution is 5.78. The van der Waals surface area contributed by atoms with Gasteiger partial charge in [-0.05, 0) is 18.2 Å². The first-order chi connectivity index (χ1) is 8.72. The highest BCUT2D eigenvalue weighted by Gasteiger charge is 2.37. The summed E-state index contributed by atoms with van der Waals surface area (Å²) in [6, 6.07) is 7.21. The molecule has 0 unspecified atom stereocenters.